The van der Waals surface area contributed by atoms with E-state index in [-0.39, 0.29) is 36.9 Å². The zero-order valence-corrected chi connectivity index (χ0v) is 22.6. The molecule has 3 amide bonds. The third-order valence-electron chi connectivity index (χ3n) is 5.88. The number of amides is 3. The molecule has 2 aliphatic heterocycles. The first-order valence-corrected chi connectivity index (χ1v) is 14.4. The van der Waals surface area contributed by atoms with Crippen LogP contribution >= 0.6 is 0 Å². The smallest absolute Gasteiger partial charge is 0.412 e. The zero-order chi connectivity index (χ0) is 25.2. The highest BCUT2D eigenvalue weighted by atomic mass is 28.3. The van der Waals surface area contributed by atoms with Gasteiger partial charge in [0, 0.05) is 19.5 Å². The molecule has 0 bridgehead atoms. The molecule has 0 saturated carbocycles. The van der Waals surface area contributed by atoms with Crippen molar-refractivity contribution in [2.45, 2.75) is 78.4 Å². The minimum atomic E-state index is -1.71. The molecule has 2 heterocycles. The van der Waals surface area contributed by atoms with Crippen LogP contribution in [0.1, 0.15) is 48.0 Å². The number of hydrogen-bond donors (Lipinski definition) is 1. The van der Waals surface area contributed by atoms with E-state index < -0.39 is 38.6 Å². The van der Waals surface area contributed by atoms with Crippen LogP contribution in [-0.2, 0) is 18.7 Å². The largest absolute Gasteiger partial charge is 0.445 e. The molecule has 3 atom stereocenters. The fourth-order valence-electron chi connectivity index (χ4n) is 4.32. The molecule has 0 spiro atoms. The average molecular weight is 484 g/mol. The Hall–Kier alpha value is -2.07. The minimum Gasteiger partial charge on any atom is -0.445 e. The molecule has 2 rings (SSSR count). The lowest BCUT2D eigenvalue weighted by atomic mass is 9.78. The molecule has 0 radical (unpaired) electrons. The average Bonchev–Trinajstić information content (AvgIpc) is 3.04. The second kappa shape index (κ2) is 10.0. The van der Waals surface area contributed by atoms with Crippen molar-refractivity contribution in [3.63, 3.8) is 0 Å². The maximum absolute atomic E-state index is 13.4. The number of nitrogens with one attached hydrogen (secondary N) is 1. The van der Waals surface area contributed by atoms with Crippen LogP contribution in [0.25, 0.3) is 0 Å². The van der Waals surface area contributed by atoms with Gasteiger partial charge < -0.3 is 19.2 Å². The highest BCUT2D eigenvalue weighted by Crippen LogP contribution is 2.46. The Bertz CT molecular complexity index is 760. The number of hydrogen-bond acceptors (Lipinski definition) is 6. The Labute approximate surface area is 199 Å². The zero-order valence-electron chi connectivity index (χ0n) is 21.4. The third-order valence-corrected chi connectivity index (χ3v) is 6.76. The number of carbonyl (C=O) groups is 3. The van der Waals surface area contributed by atoms with Crippen LogP contribution in [0.5, 0.6) is 0 Å². The molecule has 33 heavy (non-hydrogen) atoms. The van der Waals surface area contributed by atoms with Gasteiger partial charge in [-0.05, 0) is 45.2 Å². The normalized spacial score (nSPS) is 26.3. The van der Waals surface area contributed by atoms with Crippen molar-refractivity contribution in [1.82, 2.24) is 15.1 Å². The quantitative estimate of drug-likeness (QED) is 0.477. The summed E-state index contributed by atoms with van der Waals surface area (Å²) < 4.78 is 17.6. The van der Waals surface area contributed by atoms with Gasteiger partial charge in [0.05, 0.1) is 6.04 Å². The molecule has 0 aromatic rings. The number of ether oxygens (including phenoxy) is 2. The highest BCUT2D eigenvalue weighted by Gasteiger charge is 2.58. The van der Waals surface area contributed by atoms with E-state index in [1.807, 2.05) is 33.9 Å². The van der Waals surface area contributed by atoms with Crippen molar-refractivity contribution >= 4 is 27.1 Å². The summed E-state index contributed by atoms with van der Waals surface area (Å²) in [5.41, 5.74) is -1.91. The van der Waals surface area contributed by atoms with Gasteiger partial charge in [0.2, 0.25) is 5.91 Å². The molecular weight excluding hydrogens is 442 g/mol. The van der Waals surface area contributed by atoms with Gasteiger partial charge >= 0.3 is 12.2 Å². The van der Waals surface area contributed by atoms with Crippen LogP contribution in [-0.4, -0.2) is 80.5 Å². The van der Waals surface area contributed by atoms with E-state index in [1.54, 1.807) is 4.90 Å². The maximum atomic E-state index is 13.4. The Morgan fingerprint density at radius 2 is 1.82 bits per heavy atom. The lowest BCUT2D eigenvalue weighted by Crippen LogP contribution is -2.70. The molecular formula is C23H41N3O6Si. The van der Waals surface area contributed by atoms with Crippen molar-refractivity contribution in [2.24, 2.45) is 11.3 Å². The van der Waals surface area contributed by atoms with E-state index in [2.05, 4.69) is 32.7 Å². The number of nitrogens with zero attached hydrogens (tertiary/aromatic N) is 2. The molecule has 0 aliphatic carbocycles. The van der Waals surface area contributed by atoms with Gasteiger partial charge in [-0.2, -0.15) is 0 Å². The predicted molar refractivity (Wildman–Crippen MR) is 128 cm³/mol. The van der Waals surface area contributed by atoms with Gasteiger partial charge in [0.25, 0.3) is 0 Å². The van der Waals surface area contributed by atoms with Crippen LogP contribution in [0.4, 0.5) is 9.59 Å². The standard InChI is InChI=1S/C23H41N3O6Si/c1-10-11-30-19(28)25-14-17(24-18(27)15-25)23(32-33(8)9)12-16(21(2,3)4)13-26(23)20(29)31-22(5,6)7/h10,16-17,33H,1,11-15H2,2-9H3,(H,24,27)/t16-,17?,23-/m0/s1. The van der Waals surface area contributed by atoms with Crippen LogP contribution in [0.3, 0.4) is 0 Å². The first kappa shape index (κ1) is 27.2. The molecule has 9 nitrogen and oxygen atoms in total. The molecule has 0 aromatic carbocycles. The van der Waals surface area contributed by atoms with Crippen LogP contribution < -0.4 is 5.32 Å². The van der Waals surface area contributed by atoms with E-state index in [9.17, 15) is 14.4 Å². The van der Waals surface area contributed by atoms with Crippen molar-refractivity contribution in [2.75, 3.05) is 26.2 Å². The summed E-state index contributed by atoms with van der Waals surface area (Å²) in [5, 5.41) is 3.00. The van der Waals surface area contributed by atoms with Crippen molar-refractivity contribution in [3.05, 3.63) is 12.7 Å². The topological polar surface area (TPSA) is 97.4 Å². The fourth-order valence-corrected chi connectivity index (χ4v) is 5.53. The molecule has 2 aliphatic rings. The summed E-state index contributed by atoms with van der Waals surface area (Å²) >= 11 is 0. The Morgan fingerprint density at radius 3 is 2.33 bits per heavy atom. The first-order chi connectivity index (χ1) is 15.1. The van der Waals surface area contributed by atoms with E-state index in [0.717, 1.165) is 0 Å². The predicted octanol–water partition coefficient (Wildman–Crippen LogP) is 3.11. The van der Waals surface area contributed by atoms with E-state index in [0.29, 0.717) is 13.0 Å². The Balaban J connectivity index is 2.49. The lowest BCUT2D eigenvalue weighted by Gasteiger charge is -2.48. The van der Waals surface area contributed by atoms with Gasteiger partial charge in [0.1, 0.15) is 18.8 Å². The number of rotatable bonds is 5. The molecule has 1 N–H and O–H groups in total. The van der Waals surface area contributed by atoms with Gasteiger partial charge in [-0.25, -0.2) is 9.59 Å². The van der Waals surface area contributed by atoms with Crippen molar-refractivity contribution in [3.8, 4) is 0 Å². The van der Waals surface area contributed by atoms with Crippen molar-refractivity contribution in [1.29, 1.82) is 0 Å². The number of likely N-dealkylation sites (tertiary alicyclic amines) is 1. The second-order valence-electron chi connectivity index (χ2n) is 11.2. The maximum Gasteiger partial charge on any atom is 0.412 e. The van der Waals surface area contributed by atoms with Gasteiger partial charge in [-0.15, -0.1) is 0 Å². The summed E-state index contributed by atoms with van der Waals surface area (Å²) in [4.78, 5) is 41.6. The summed E-state index contributed by atoms with van der Waals surface area (Å²) in [6.07, 6.45) is 0.927. The molecule has 1 unspecified atom stereocenters. The third kappa shape index (κ3) is 6.72. The minimum absolute atomic E-state index is 0.0539. The SMILES string of the molecule is C=CCOC(=O)N1CC(=O)NC([C@@]2(O[SiH](C)C)C[C@H](C(C)(C)C)CN2C(=O)OC(C)(C)C)C1. The van der Waals surface area contributed by atoms with E-state index in [4.69, 9.17) is 13.9 Å². The van der Waals surface area contributed by atoms with E-state index >= 15 is 0 Å². The highest BCUT2D eigenvalue weighted by molar-refractivity contribution is 6.48. The molecule has 2 saturated heterocycles. The van der Waals surface area contributed by atoms with Crippen LogP contribution in [0.2, 0.25) is 13.1 Å². The van der Waals surface area contributed by atoms with Gasteiger partial charge in [-0.3, -0.25) is 14.6 Å². The molecule has 188 valence electrons. The number of piperazine rings is 1. The molecule has 2 fully saturated rings. The second-order valence-corrected chi connectivity index (χ2v) is 13.6. The fraction of sp³-hybridized carbons (Fsp3) is 0.783. The van der Waals surface area contributed by atoms with Crippen LogP contribution in [0, 0.1) is 11.3 Å². The molecule has 10 heteroatoms. The lowest BCUT2D eigenvalue weighted by molar-refractivity contribution is -0.136. The van der Waals surface area contributed by atoms with Crippen LogP contribution in [0.15, 0.2) is 12.7 Å². The summed E-state index contributed by atoms with van der Waals surface area (Å²) in [6.45, 7) is 20.0. The Morgan fingerprint density at radius 1 is 1.18 bits per heavy atom. The van der Waals surface area contributed by atoms with Gasteiger partial charge in [0.15, 0.2) is 14.8 Å². The van der Waals surface area contributed by atoms with E-state index in [1.165, 1.54) is 11.0 Å². The number of carbonyl (C=O) groups excluding carboxylic acids is 3. The molecule has 0 aromatic heterocycles. The summed E-state index contributed by atoms with van der Waals surface area (Å²) in [5.74, 6) is -0.212. The Kier molecular flexibility index (Phi) is 8.27. The first-order valence-electron chi connectivity index (χ1n) is 11.6. The van der Waals surface area contributed by atoms with Crippen molar-refractivity contribution < 1.29 is 28.3 Å². The summed E-state index contributed by atoms with van der Waals surface area (Å²) in [6, 6.07) is -0.621. The summed E-state index contributed by atoms with van der Waals surface area (Å²) in [7, 11) is -1.71. The van der Waals surface area contributed by atoms with Gasteiger partial charge in [-0.1, -0.05) is 33.4 Å². The monoisotopic (exact) mass is 483 g/mol.